The van der Waals surface area contributed by atoms with Crippen LogP contribution in [0.15, 0.2) is 18.2 Å². The summed E-state index contributed by atoms with van der Waals surface area (Å²) in [4.78, 5) is 17.2. The van der Waals surface area contributed by atoms with Gasteiger partial charge >= 0.3 is 6.03 Å². The molecular weight excluding hydrogens is 342 g/mol. The monoisotopic (exact) mass is 375 g/mol. The van der Waals surface area contributed by atoms with E-state index in [0.717, 1.165) is 31.8 Å². The molecule has 2 amide bonds. The fourth-order valence-electron chi connectivity index (χ4n) is 4.03. The number of rotatable bonds is 5. The molecular formula is C21H33N3O3. The molecule has 2 heterocycles. The Hall–Kier alpha value is -1.95. The van der Waals surface area contributed by atoms with Gasteiger partial charge in [-0.1, -0.05) is 6.92 Å². The van der Waals surface area contributed by atoms with Gasteiger partial charge in [0.2, 0.25) is 0 Å². The highest BCUT2D eigenvalue weighted by Gasteiger charge is 2.26. The van der Waals surface area contributed by atoms with E-state index in [0.29, 0.717) is 23.1 Å². The van der Waals surface area contributed by atoms with Crippen LogP contribution in [0.2, 0.25) is 0 Å². The number of piperidine rings is 2. The van der Waals surface area contributed by atoms with Crippen LogP contribution in [0.25, 0.3) is 0 Å². The van der Waals surface area contributed by atoms with Gasteiger partial charge in [0, 0.05) is 25.7 Å². The van der Waals surface area contributed by atoms with Crippen molar-refractivity contribution in [2.75, 3.05) is 52.3 Å². The molecule has 3 rings (SSSR count). The molecule has 0 aromatic heterocycles. The minimum Gasteiger partial charge on any atom is -0.497 e. The largest absolute Gasteiger partial charge is 0.497 e. The van der Waals surface area contributed by atoms with E-state index >= 15 is 0 Å². The van der Waals surface area contributed by atoms with Crippen LogP contribution in [0, 0.1) is 11.8 Å². The number of ether oxygens (including phenoxy) is 2. The molecule has 2 aliphatic rings. The Labute approximate surface area is 162 Å². The summed E-state index contributed by atoms with van der Waals surface area (Å²) in [6.45, 7) is 7.63. The van der Waals surface area contributed by atoms with Crippen LogP contribution in [0.5, 0.6) is 11.5 Å². The van der Waals surface area contributed by atoms with E-state index < -0.39 is 0 Å². The van der Waals surface area contributed by atoms with Crippen molar-refractivity contribution in [3.63, 3.8) is 0 Å². The van der Waals surface area contributed by atoms with Gasteiger partial charge in [0.15, 0.2) is 0 Å². The van der Waals surface area contributed by atoms with Crippen LogP contribution >= 0.6 is 0 Å². The van der Waals surface area contributed by atoms with Gasteiger partial charge in [0.05, 0.1) is 19.9 Å². The molecule has 0 bridgehead atoms. The van der Waals surface area contributed by atoms with Crippen LogP contribution in [0.3, 0.4) is 0 Å². The standard InChI is InChI=1S/C21H33N3O3/c1-16-6-10-23(11-7-16)15-17-8-12-24(13-9-17)21(25)22-19-14-18(26-2)4-5-20(19)27-3/h4-5,14,16-17H,6-13,15H2,1-3H3,(H,22,25). The first-order valence-corrected chi connectivity index (χ1v) is 10.1. The summed E-state index contributed by atoms with van der Waals surface area (Å²) < 4.78 is 10.6. The maximum absolute atomic E-state index is 12.7. The van der Waals surface area contributed by atoms with Crippen molar-refractivity contribution < 1.29 is 14.3 Å². The molecule has 0 aliphatic carbocycles. The number of hydrogen-bond acceptors (Lipinski definition) is 4. The van der Waals surface area contributed by atoms with Crippen molar-refractivity contribution >= 4 is 11.7 Å². The number of benzene rings is 1. The topological polar surface area (TPSA) is 54.0 Å². The molecule has 6 heteroatoms. The van der Waals surface area contributed by atoms with E-state index in [9.17, 15) is 4.79 Å². The summed E-state index contributed by atoms with van der Waals surface area (Å²) >= 11 is 0. The SMILES string of the molecule is COc1ccc(OC)c(NC(=O)N2CCC(CN3CCC(C)CC3)CC2)c1. The molecule has 150 valence electrons. The lowest BCUT2D eigenvalue weighted by Crippen LogP contribution is -2.44. The van der Waals surface area contributed by atoms with Gasteiger partial charge in [-0.25, -0.2) is 4.79 Å². The first-order chi connectivity index (χ1) is 13.1. The van der Waals surface area contributed by atoms with E-state index in [1.54, 1.807) is 26.4 Å². The summed E-state index contributed by atoms with van der Waals surface area (Å²) in [5.74, 6) is 2.91. The van der Waals surface area contributed by atoms with E-state index in [1.807, 2.05) is 11.0 Å². The molecule has 2 saturated heterocycles. The number of nitrogens with one attached hydrogen (secondary N) is 1. The van der Waals surface area contributed by atoms with E-state index in [4.69, 9.17) is 9.47 Å². The predicted octanol–water partition coefficient (Wildman–Crippen LogP) is 3.68. The Balaban J connectivity index is 1.48. The molecule has 6 nitrogen and oxygen atoms in total. The Bertz CT molecular complexity index is 621. The number of carbonyl (C=O) groups is 1. The molecule has 27 heavy (non-hydrogen) atoms. The van der Waals surface area contributed by atoms with Crippen LogP contribution < -0.4 is 14.8 Å². The quantitative estimate of drug-likeness (QED) is 0.853. The summed E-state index contributed by atoms with van der Waals surface area (Å²) in [5.41, 5.74) is 0.645. The average molecular weight is 376 g/mol. The van der Waals surface area contributed by atoms with Crippen molar-refractivity contribution in [2.45, 2.75) is 32.6 Å². The first kappa shape index (κ1) is 19.8. The second kappa shape index (κ2) is 9.31. The van der Waals surface area contributed by atoms with Crippen LogP contribution in [-0.4, -0.2) is 62.8 Å². The number of likely N-dealkylation sites (tertiary alicyclic amines) is 2. The Kier molecular flexibility index (Phi) is 6.83. The summed E-state index contributed by atoms with van der Waals surface area (Å²) in [5, 5.41) is 2.98. The van der Waals surface area contributed by atoms with Crippen LogP contribution in [-0.2, 0) is 0 Å². The van der Waals surface area contributed by atoms with Crippen molar-refractivity contribution in [2.24, 2.45) is 11.8 Å². The van der Waals surface area contributed by atoms with Crippen LogP contribution in [0.4, 0.5) is 10.5 Å². The summed E-state index contributed by atoms with van der Waals surface area (Å²) in [6, 6.07) is 5.36. The zero-order valence-electron chi connectivity index (χ0n) is 16.9. The fourth-order valence-corrected chi connectivity index (χ4v) is 4.03. The Morgan fingerprint density at radius 1 is 1.07 bits per heavy atom. The number of carbonyl (C=O) groups excluding carboxylic acids is 1. The normalized spacial score (nSPS) is 19.7. The van der Waals surface area contributed by atoms with Gasteiger partial charge in [0.25, 0.3) is 0 Å². The third kappa shape index (κ3) is 5.28. The van der Waals surface area contributed by atoms with Gasteiger partial charge < -0.3 is 24.6 Å². The average Bonchev–Trinajstić information content (AvgIpc) is 2.70. The van der Waals surface area contributed by atoms with E-state index in [-0.39, 0.29) is 6.03 Å². The lowest BCUT2D eigenvalue weighted by Gasteiger charge is -2.37. The molecule has 0 atom stereocenters. The van der Waals surface area contributed by atoms with E-state index in [2.05, 4.69) is 17.1 Å². The zero-order valence-corrected chi connectivity index (χ0v) is 16.9. The number of hydrogen-bond donors (Lipinski definition) is 1. The second-order valence-electron chi connectivity index (χ2n) is 7.91. The van der Waals surface area contributed by atoms with Gasteiger partial charge in [0.1, 0.15) is 11.5 Å². The highest BCUT2D eigenvalue weighted by atomic mass is 16.5. The van der Waals surface area contributed by atoms with Crippen molar-refractivity contribution in [1.29, 1.82) is 0 Å². The van der Waals surface area contributed by atoms with Crippen molar-refractivity contribution in [3.05, 3.63) is 18.2 Å². The maximum Gasteiger partial charge on any atom is 0.321 e. The molecule has 1 N–H and O–H groups in total. The molecule has 0 unspecified atom stereocenters. The first-order valence-electron chi connectivity index (χ1n) is 10.1. The number of amides is 2. The summed E-state index contributed by atoms with van der Waals surface area (Å²) in [7, 11) is 3.21. The predicted molar refractivity (Wildman–Crippen MR) is 108 cm³/mol. The highest BCUT2D eigenvalue weighted by Crippen LogP contribution is 2.30. The molecule has 0 radical (unpaired) electrons. The third-order valence-electron chi connectivity index (χ3n) is 5.94. The number of urea groups is 1. The summed E-state index contributed by atoms with van der Waals surface area (Å²) in [6.07, 6.45) is 4.80. The van der Waals surface area contributed by atoms with Crippen molar-refractivity contribution in [1.82, 2.24) is 9.80 Å². The number of methoxy groups -OCH3 is 2. The minimum atomic E-state index is -0.0631. The molecule has 1 aromatic rings. The van der Waals surface area contributed by atoms with Gasteiger partial charge in [-0.2, -0.15) is 0 Å². The van der Waals surface area contributed by atoms with Gasteiger partial charge in [-0.05, 0) is 62.7 Å². The lowest BCUT2D eigenvalue weighted by molar-refractivity contribution is 0.130. The minimum absolute atomic E-state index is 0.0631. The number of anilines is 1. The molecule has 1 aromatic carbocycles. The number of nitrogens with zero attached hydrogens (tertiary/aromatic N) is 2. The molecule has 0 spiro atoms. The molecule has 2 aliphatic heterocycles. The fraction of sp³-hybridized carbons (Fsp3) is 0.667. The maximum atomic E-state index is 12.7. The lowest BCUT2D eigenvalue weighted by atomic mass is 9.93. The smallest absolute Gasteiger partial charge is 0.321 e. The second-order valence-corrected chi connectivity index (χ2v) is 7.91. The van der Waals surface area contributed by atoms with Gasteiger partial charge in [-0.3, -0.25) is 0 Å². The van der Waals surface area contributed by atoms with Gasteiger partial charge in [-0.15, -0.1) is 0 Å². The highest BCUT2D eigenvalue weighted by molar-refractivity contribution is 5.91. The molecule has 2 fully saturated rings. The van der Waals surface area contributed by atoms with E-state index in [1.165, 1.54) is 32.5 Å². The van der Waals surface area contributed by atoms with Crippen LogP contribution in [0.1, 0.15) is 32.6 Å². The molecule has 0 saturated carbocycles. The van der Waals surface area contributed by atoms with Crippen molar-refractivity contribution in [3.8, 4) is 11.5 Å². The zero-order chi connectivity index (χ0) is 19.2. The third-order valence-corrected chi connectivity index (χ3v) is 5.94. The Morgan fingerprint density at radius 3 is 2.41 bits per heavy atom. The Morgan fingerprint density at radius 2 is 1.78 bits per heavy atom.